The van der Waals surface area contributed by atoms with Crippen LogP contribution < -0.4 is 31.1 Å². The molecule has 454 valence electrons. The maximum Gasteiger partial charge on any atom is 0.471 e. The van der Waals surface area contributed by atoms with Crippen molar-refractivity contribution in [1.82, 2.24) is 31.1 Å². The van der Waals surface area contributed by atoms with Crippen molar-refractivity contribution in [3.8, 4) is 12.1 Å². The highest BCUT2D eigenvalue weighted by atomic mass is 79.9. The smallest absolute Gasteiger partial charge is 0.463 e. The third-order valence-corrected chi connectivity index (χ3v) is 13.6. The van der Waals surface area contributed by atoms with Crippen LogP contribution in [0, 0.1) is 22.7 Å². The zero-order chi connectivity index (χ0) is 63.3. The van der Waals surface area contributed by atoms with Crippen LogP contribution in [0.15, 0.2) is 125 Å². The number of nitrogens with one attached hydrogen (secondary N) is 4. The number of allylic oxidation sites excluding steroid dienone is 2. The van der Waals surface area contributed by atoms with E-state index < -0.39 is 129 Å². The highest BCUT2D eigenvalue weighted by Crippen LogP contribution is 2.44. The number of anilines is 2. The van der Waals surface area contributed by atoms with Crippen LogP contribution in [0.2, 0.25) is 0 Å². The standard InChI is InChI=1S/C55H48Br2F9N11O9/c1-3-85-47(80)43-39(25-56)76(37-9-5-7-35(23-37)53(58,59)60)51(83)74(45(43)33-15-11-31(27-67)12-16-33)29-41(78)69-19-21-71-50(73-49(82)55(64,65)66)72-22-20-70-42(79)30-75-46(34-17-13-32(28-68)14-18-34)44(48(81)86-4-2)40(26-57)77(52(75)84)38-10-6-8-36(24-38)54(61,62)63/h5-18,23-24,45-46H,3-4,19-22,25-26,29-30H2,1-2H3,(H,69,78)(H,70,79)(H2,71,72,73,82)/t45-,46?/m1/s1. The van der Waals surface area contributed by atoms with Gasteiger partial charge in [-0.3, -0.25) is 34.5 Å². The Labute approximate surface area is 500 Å². The molecular weight excluding hydrogens is 1290 g/mol. The van der Waals surface area contributed by atoms with Crippen molar-refractivity contribution in [1.29, 1.82) is 10.5 Å². The maximum absolute atomic E-state index is 14.7. The Hall–Kier alpha value is -8.97. The van der Waals surface area contributed by atoms with Gasteiger partial charge in [-0.2, -0.15) is 50.0 Å². The second-order valence-corrected chi connectivity index (χ2v) is 19.2. The molecule has 31 heteroatoms. The van der Waals surface area contributed by atoms with Gasteiger partial charge in [0.1, 0.15) is 13.1 Å². The molecule has 20 nitrogen and oxygen atoms in total. The lowest BCUT2D eigenvalue weighted by Crippen LogP contribution is -2.55. The molecule has 1 unspecified atom stereocenters. The van der Waals surface area contributed by atoms with Crippen molar-refractivity contribution in [2.45, 2.75) is 44.5 Å². The number of ether oxygens (including phenoxy) is 2. The van der Waals surface area contributed by atoms with E-state index in [2.05, 4.69) is 52.8 Å². The van der Waals surface area contributed by atoms with Gasteiger partial charge in [0.05, 0.1) is 100 Å². The third kappa shape index (κ3) is 15.9. The molecule has 6 rings (SSSR count). The number of aliphatic imine (C=N–C) groups is 1. The Morgan fingerprint density at radius 2 is 0.988 bits per heavy atom. The Balaban J connectivity index is 1.23. The van der Waals surface area contributed by atoms with E-state index in [1.165, 1.54) is 67.7 Å². The fraction of sp³-hybridized carbons (Fsp3) is 0.309. The summed E-state index contributed by atoms with van der Waals surface area (Å²) < 4.78 is 135. The number of nitriles is 2. The van der Waals surface area contributed by atoms with Gasteiger partial charge < -0.3 is 35.2 Å². The SMILES string of the molecule is CCOC(=O)C1=C(CBr)N(c2cccc(C(F)(F)F)c2)C(=O)N(CC(=O)NCCNC(=NCCNC(=O)CN2C(=O)N(c3cccc(C(F)(F)F)c3)C(CBr)=C(C(=O)OCC)[C@H]2c2ccc(C#N)cc2)NC(=O)C(F)(F)F)C1c1ccc(C#N)cc1. The van der Waals surface area contributed by atoms with Gasteiger partial charge in [0.2, 0.25) is 11.8 Å². The molecule has 0 saturated heterocycles. The predicted molar refractivity (Wildman–Crippen MR) is 295 cm³/mol. The zero-order valence-corrected chi connectivity index (χ0v) is 48.1. The van der Waals surface area contributed by atoms with Gasteiger partial charge in [0, 0.05) is 30.3 Å². The second-order valence-electron chi connectivity index (χ2n) is 18.1. The summed E-state index contributed by atoms with van der Waals surface area (Å²) in [6.07, 6.45) is -15.2. The number of hydrogen-bond acceptors (Lipinski definition) is 12. The lowest BCUT2D eigenvalue weighted by molar-refractivity contribution is -0.171. The number of urea groups is 2. The number of rotatable bonds is 20. The molecular formula is C55H48Br2F9N11O9. The van der Waals surface area contributed by atoms with Crippen LogP contribution in [0.1, 0.15) is 59.3 Å². The van der Waals surface area contributed by atoms with Crippen LogP contribution in [0.4, 0.5) is 60.5 Å². The van der Waals surface area contributed by atoms with Crippen LogP contribution in [-0.2, 0) is 45.8 Å². The zero-order valence-electron chi connectivity index (χ0n) is 44.9. The number of carbonyl (C=O) groups is 7. The summed E-state index contributed by atoms with van der Waals surface area (Å²) in [4.78, 5) is 104. The molecule has 4 N–H and O–H groups in total. The maximum atomic E-state index is 14.7. The Kier molecular flexibility index (Phi) is 22.1. The van der Waals surface area contributed by atoms with E-state index in [9.17, 15) is 83.6 Å². The predicted octanol–water partition coefficient (Wildman–Crippen LogP) is 8.42. The second kappa shape index (κ2) is 28.7. The van der Waals surface area contributed by atoms with Crippen molar-refractivity contribution in [2.75, 3.05) is 72.9 Å². The van der Waals surface area contributed by atoms with Gasteiger partial charge >= 0.3 is 48.4 Å². The molecule has 7 amide bonds. The minimum Gasteiger partial charge on any atom is -0.463 e. The topological polar surface area (TPSA) is 259 Å². The van der Waals surface area contributed by atoms with Crippen LogP contribution >= 0.6 is 31.9 Å². The largest absolute Gasteiger partial charge is 0.471 e. The van der Waals surface area contributed by atoms with Crippen LogP contribution in [0.3, 0.4) is 0 Å². The van der Waals surface area contributed by atoms with Gasteiger partial charge in [-0.25, -0.2) is 19.2 Å². The van der Waals surface area contributed by atoms with Gasteiger partial charge in [0.15, 0.2) is 5.96 Å². The van der Waals surface area contributed by atoms with E-state index in [0.717, 1.165) is 56.0 Å². The quantitative estimate of drug-likeness (QED) is 0.0162. The molecule has 2 aliphatic rings. The monoisotopic (exact) mass is 1340 g/mol. The fourth-order valence-electron chi connectivity index (χ4n) is 8.87. The first-order valence-corrected chi connectivity index (χ1v) is 27.6. The molecule has 0 aliphatic carbocycles. The molecule has 0 spiro atoms. The lowest BCUT2D eigenvalue weighted by atomic mass is 9.92. The van der Waals surface area contributed by atoms with Gasteiger partial charge in [-0.05, 0) is 85.6 Å². The van der Waals surface area contributed by atoms with Gasteiger partial charge in [-0.1, -0.05) is 68.3 Å². The summed E-state index contributed by atoms with van der Waals surface area (Å²) in [5, 5.41) is 27.1. The minimum atomic E-state index is -5.47. The molecule has 0 fully saturated rings. The number of hydrogen-bond donors (Lipinski definition) is 4. The molecule has 86 heavy (non-hydrogen) atoms. The lowest BCUT2D eigenvalue weighted by Gasteiger charge is -2.43. The molecule has 0 saturated carbocycles. The van der Waals surface area contributed by atoms with Crippen LogP contribution in [-0.4, -0.2) is 127 Å². The molecule has 0 aromatic heterocycles. The van der Waals surface area contributed by atoms with E-state index in [1.54, 1.807) is 0 Å². The number of esters is 2. The Bertz CT molecular complexity index is 3420. The van der Waals surface area contributed by atoms with Crippen molar-refractivity contribution in [2.24, 2.45) is 4.99 Å². The molecule has 4 aromatic rings. The van der Waals surface area contributed by atoms with E-state index in [0.29, 0.717) is 12.1 Å². The van der Waals surface area contributed by atoms with E-state index in [-0.39, 0.29) is 80.0 Å². The van der Waals surface area contributed by atoms with Crippen molar-refractivity contribution < 1.29 is 82.5 Å². The first-order valence-electron chi connectivity index (χ1n) is 25.4. The summed E-state index contributed by atoms with van der Waals surface area (Å²) in [5.74, 6) is -7.40. The number of guanidine groups is 1. The number of alkyl halides is 11. The molecule has 2 atom stereocenters. The summed E-state index contributed by atoms with van der Waals surface area (Å²) >= 11 is 6.49. The molecule has 2 aliphatic heterocycles. The third-order valence-electron chi connectivity index (χ3n) is 12.6. The Morgan fingerprint density at radius 1 is 0.593 bits per heavy atom. The molecule has 0 radical (unpaired) electrons. The summed E-state index contributed by atoms with van der Waals surface area (Å²) in [6.45, 7) is -1.48. The molecule has 4 aromatic carbocycles. The number of amides is 7. The first kappa shape index (κ1) is 66.2. The first-order chi connectivity index (χ1) is 40.7. The van der Waals surface area contributed by atoms with Crippen LogP contribution in [0.25, 0.3) is 0 Å². The van der Waals surface area contributed by atoms with Crippen molar-refractivity contribution >= 4 is 90.9 Å². The summed E-state index contributed by atoms with van der Waals surface area (Å²) in [6, 6.07) is 16.7. The number of carbonyl (C=O) groups excluding carboxylic acids is 7. The Morgan fingerprint density at radius 3 is 1.35 bits per heavy atom. The number of benzene rings is 4. The number of halogens is 11. The average Bonchev–Trinajstić information content (AvgIpc) is 0.784. The fourth-order valence-corrected chi connectivity index (χ4v) is 9.97. The van der Waals surface area contributed by atoms with Crippen molar-refractivity contribution in [3.05, 3.63) is 153 Å². The summed E-state index contributed by atoms with van der Waals surface area (Å²) in [5.41, 5.74) is -3.31. The van der Waals surface area contributed by atoms with E-state index >= 15 is 0 Å². The molecule has 2 heterocycles. The van der Waals surface area contributed by atoms with E-state index in [1.807, 2.05) is 12.1 Å². The highest BCUT2D eigenvalue weighted by molar-refractivity contribution is 9.09. The molecule has 0 bridgehead atoms. The average molecular weight is 1340 g/mol. The van der Waals surface area contributed by atoms with E-state index in [4.69, 9.17) is 9.47 Å². The summed E-state index contributed by atoms with van der Waals surface area (Å²) in [7, 11) is 0. The van der Waals surface area contributed by atoms with Crippen molar-refractivity contribution in [3.63, 3.8) is 0 Å². The van der Waals surface area contributed by atoms with Gasteiger partial charge in [0.25, 0.3) is 0 Å². The van der Waals surface area contributed by atoms with Gasteiger partial charge in [-0.15, -0.1) is 0 Å². The number of nitrogens with zero attached hydrogens (tertiary/aromatic N) is 7. The normalized spacial score (nSPS) is 15.9. The minimum absolute atomic E-state index is 0.155. The highest BCUT2D eigenvalue weighted by Gasteiger charge is 2.47. The van der Waals surface area contributed by atoms with Crippen LogP contribution in [0.5, 0.6) is 0 Å².